The van der Waals surface area contributed by atoms with Gasteiger partial charge in [-0.3, -0.25) is 9.89 Å². The lowest BCUT2D eigenvalue weighted by molar-refractivity contribution is -0.181. The van der Waals surface area contributed by atoms with E-state index in [9.17, 15) is 13.2 Å². The maximum atomic E-state index is 12.9. The van der Waals surface area contributed by atoms with Gasteiger partial charge >= 0.3 is 6.18 Å². The van der Waals surface area contributed by atoms with Crippen LogP contribution in [0.2, 0.25) is 0 Å². The lowest BCUT2D eigenvalue weighted by Gasteiger charge is -2.39. The van der Waals surface area contributed by atoms with E-state index in [0.29, 0.717) is 32.1 Å². The largest absolute Gasteiger partial charge is 0.403 e. The minimum Gasteiger partial charge on any atom is -0.356 e. The Kier molecular flexibility index (Phi) is 11.9. The Morgan fingerprint density at radius 2 is 1.81 bits per heavy atom. The number of alkyl halides is 3. The van der Waals surface area contributed by atoms with Crippen molar-refractivity contribution in [2.45, 2.75) is 57.5 Å². The second-order valence-electron chi connectivity index (χ2n) is 7.93. The number of aromatic nitrogens is 3. The van der Waals surface area contributed by atoms with Crippen LogP contribution >= 0.6 is 35.7 Å². The molecule has 2 rings (SSSR count). The second-order valence-corrected chi connectivity index (χ2v) is 8.70. The molecule has 1 aromatic heterocycles. The Labute approximate surface area is 204 Å². The van der Waals surface area contributed by atoms with Crippen molar-refractivity contribution in [2.75, 3.05) is 46.0 Å². The molecule has 0 aliphatic carbocycles. The number of halogens is 4. The maximum Gasteiger partial charge on any atom is 0.403 e. The molecule has 1 atom stereocenters. The molecule has 0 bridgehead atoms. The maximum absolute atomic E-state index is 12.9. The molecule has 1 aliphatic rings. The number of hydrogen-bond acceptors (Lipinski definition) is 5. The number of aryl methyl sites for hydroxylation is 1. The predicted molar refractivity (Wildman–Crippen MR) is 130 cm³/mol. The molecule has 1 aliphatic heterocycles. The van der Waals surface area contributed by atoms with Gasteiger partial charge < -0.3 is 14.8 Å². The third-order valence-corrected chi connectivity index (χ3v) is 5.90. The molecule has 1 saturated heterocycles. The number of thioether (sulfide) groups is 1. The molecule has 1 N–H and O–H groups in total. The SMILES string of the molecule is CN=C(NCCCc1nnc(SC)n1CC(C)C)N1CCN(C(C)C(F)(F)F)CC1.I. The van der Waals surface area contributed by atoms with E-state index in [-0.39, 0.29) is 24.0 Å². The summed E-state index contributed by atoms with van der Waals surface area (Å²) in [5.74, 6) is 2.24. The van der Waals surface area contributed by atoms with Gasteiger partial charge in [0.2, 0.25) is 0 Å². The van der Waals surface area contributed by atoms with Crippen LogP contribution in [0.1, 0.15) is 33.0 Å². The summed E-state index contributed by atoms with van der Waals surface area (Å²) >= 11 is 1.60. The minimum atomic E-state index is -4.19. The molecule has 31 heavy (non-hydrogen) atoms. The number of nitrogens with zero attached hydrogens (tertiary/aromatic N) is 6. The van der Waals surface area contributed by atoms with Crippen molar-refractivity contribution < 1.29 is 13.2 Å². The Bertz CT molecular complexity index is 689. The standard InChI is InChI=1S/C19H34F3N7S.HI/c1-14(2)13-29-16(25-26-18(29)30-5)7-6-8-24-17(23-4)28-11-9-27(10-12-28)15(3)19(20,21)22;/h14-15H,6-13H2,1-5H3,(H,23,24);1H. The number of hydrogen-bond donors (Lipinski definition) is 1. The van der Waals surface area contributed by atoms with Crippen molar-refractivity contribution in [2.24, 2.45) is 10.9 Å². The highest BCUT2D eigenvalue weighted by Gasteiger charge is 2.41. The summed E-state index contributed by atoms with van der Waals surface area (Å²) in [6.07, 6.45) is -0.504. The van der Waals surface area contributed by atoms with Gasteiger partial charge in [0.05, 0.1) is 0 Å². The summed E-state index contributed by atoms with van der Waals surface area (Å²) in [5.41, 5.74) is 0. The lowest BCUT2D eigenvalue weighted by Crippen LogP contribution is -2.56. The average molecular weight is 578 g/mol. The zero-order valence-corrected chi connectivity index (χ0v) is 22.1. The molecule has 0 saturated carbocycles. The van der Waals surface area contributed by atoms with Gasteiger partial charge in [-0.2, -0.15) is 13.2 Å². The van der Waals surface area contributed by atoms with Crippen LogP contribution in [0.4, 0.5) is 13.2 Å². The van der Waals surface area contributed by atoms with E-state index in [1.807, 2.05) is 11.2 Å². The highest BCUT2D eigenvalue weighted by Crippen LogP contribution is 2.25. The fraction of sp³-hybridized carbons (Fsp3) is 0.842. The first-order valence-corrected chi connectivity index (χ1v) is 11.6. The van der Waals surface area contributed by atoms with E-state index >= 15 is 0 Å². The van der Waals surface area contributed by atoms with E-state index in [4.69, 9.17) is 0 Å². The molecule has 1 unspecified atom stereocenters. The van der Waals surface area contributed by atoms with Gasteiger partial charge in [0.25, 0.3) is 0 Å². The van der Waals surface area contributed by atoms with Gasteiger partial charge in [-0.05, 0) is 25.5 Å². The van der Waals surface area contributed by atoms with E-state index < -0.39 is 12.2 Å². The van der Waals surface area contributed by atoms with Crippen LogP contribution in [0.25, 0.3) is 0 Å². The number of piperazine rings is 1. The van der Waals surface area contributed by atoms with Crippen molar-refractivity contribution in [1.82, 2.24) is 29.9 Å². The van der Waals surface area contributed by atoms with E-state index in [0.717, 1.165) is 42.9 Å². The van der Waals surface area contributed by atoms with E-state index in [2.05, 4.69) is 38.9 Å². The molecule has 0 radical (unpaired) electrons. The normalized spacial score (nSPS) is 17.1. The highest BCUT2D eigenvalue weighted by molar-refractivity contribution is 14.0. The molecule has 1 aromatic rings. The predicted octanol–water partition coefficient (Wildman–Crippen LogP) is 3.35. The first-order chi connectivity index (χ1) is 14.2. The number of rotatable bonds is 8. The first-order valence-electron chi connectivity index (χ1n) is 10.4. The van der Waals surface area contributed by atoms with Crippen LogP contribution in [0.15, 0.2) is 10.1 Å². The van der Waals surface area contributed by atoms with Gasteiger partial charge in [-0.1, -0.05) is 25.6 Å². The summed E-state index contributed by atoms with van der Waals surface area (Å²) in [6.45, 7) is 8.99. The first kappa shape index (κ1) is 28.3. The molecule has 0 spiro atoms. The quantitative estimate of drug-likeness (QED) is 0.168. The molecule has 0 aromatic carbocycles. The molecular weight excluding hydrogens is 542 g/mol. The van der Waals surface area contributed by atoms with Crippen molar-refractivity contribution >= 4 is 41.7 Å². The molecule has 1 fully saturated rings. The third kappa shape index (κ3) is 8.26. The summed E-state index contributed by atoms with van der Waals surface area (Å²) in [7, 11) is 1.71. The van der Waals surface area contributed by atoms with Crippen molar-refractivity contribution in [3.63, 3.8) is 0 Å². The Morgan fingerprint density at radius 3 is 2.32 bits per heavy atom. The van der Waals surface area contributed by atoms with Gasteiger partial charge in [0.1, 0.15) is 11.9 Å². The van der Waals surface area contributed by atoms with Crippen LogP contribution in [-0.4, -0.2) is 88.8 Å². The fourth-order valence-corrected chi connectivity index (χ4v) is 4.03. The Morgan fingerprint density at radius 1 is 1.16 bits per heavy atom. The Balaban J connectivity index is 0.00000480. The van der Waals surface area contributed by atoms with Crippen molar-refractivity contribution in [1.29, 1.82) is 0 Å². The van der Waals surface area contributed by atoms with Crippen LogP contribution in [-0.2, 0) is 13.0 Å². The third-order valence-electron chi connectivity index (χ3n) is 5.23. The summed E-state index contributed by atoms with van der Waals surface area (Å²) in [4.78, 5) is 7.80. The van der Waals surface area contributed by atoms with Crippen LogP contribution < -0.4 is 5.32 Å². The lowest BCUT2D eigenvalue weighted by atomic mass is 10.2. The highest BCUT2D eigenvalue weighted by atomic mass is 127. The summed E-state index contributed by atoms with van der Waals surface area (Å²) in [5, 5.41) is 12.9. The topological polar surface area (TPSA) is 61.6 Å². The minimum absolute atomic E-state index is 0. The number of aliphatic imine (C=N–C) groups is 1. The van der Waals surface area contributed by atoms with Gasteiger partial charge in [0.15, 0.2) is 11.1 Å². The van der Waals surface area contributed by atoms with Gasteiger partial charge in [0, 0.05) is 52.7 Å². The second kappa shape index (κ2) is 13.1. The molecule has 0 amide bonds. The molecule has 2 heterocycles. The molecule has 7 nitrogen and oxygen atoms in total. The molecular formula is C19H35F3IN7S. The van der Waals surface area contributed by atoms with E-state index in [1.54, 1.807) is 18.8 Å². The number of guanidine groups is 1. The van der Waals surface area contributed by atoms with Gasteiger partial charge in [-0.15, -0.1) is 34.2 Å². The van der Waals surface area contributed by atoms with Crippen molar-refractivity contribution in [3.8, 4) is 0 Å². The smallest absolute Gasteiger partial charge is 0.356 e. The zero-order valence-electron chi connectivity index (χ0n) is 18.9. The summed E-state index contributed by atoms with van der Waals surface area (Å²) in [6, 6.07) is -1.41. The van der Waals surface area contributed by atoms with Crippen LogP contribution in [0.3, 0.4) is 0 Å². The zero-order chi connectivity index (χ0) is 22.3. The average Bonchev–Trinajstić information content (AvgIpc) is 3.08. The van der Waals surface area contributed by atoms with Crippen LogP contribution in [0, 0.1) is 5.92 Å². The molecule has 12 heteroatoms. The number of nitrogens with one attached hydrogen (secondary N) is 1. The van der Waals surface area contributed by atoms with E-state index in [1.165, 1.54) is 11.8 Å². The fourth-order valence-electron chi connectivity index (χ4n) is 3.51. The molecule has 180 valence electrons. The monoisotopic (exact) mass is 577 g/mol. The van der Waals surface area contributed by atoms with Gasteiger partial charge in [-0.25, -0.2) is 0 Å². The summed E-state index contributed by atoms with van der Waals surface area (Å²) < 4.78 is 40.9. The van der Waals surface area contributed by atoms with Crippen molar-refractivity contribution in [3.05, 3.63) is 5.82 Å². The van der Waals surface area contributed by atoms with Crippen LogP contribution in [0.5, 0.6) is 0 Å². The Hall–Kier alpha value is -0.760.